The van der Waals surface area contributed by atoms with Crippen molar-refractivity contribution in [3.8, 4) is 0 Å². The van der Waals surface area contributed by atoms with E-state index in [9.17, 15) is 18.0 Å². The smallest absolute Gasteiger partial charge is 0.337 e. The van der Waals surface area contributed by atoms with Crippen LogP contribution >= 0.6 is 0 Å². The van der Waals surface area contributed by atoms with Gasteiger partial charge in [0.1, 0.15) is 0 Å². The maximum Gasteiger partial charge on any atom is 0.337 e. The number of aromatic nitrogens is 1. The van der Waals surface area contributed by atoms with Crippen LogP contribution in [0.1, 0.15) is 10.4 Å². The molecule has 1 rings (SSSR count). The normalized spacial score (nSPS) is 11.2. The third-order valence-electron chi connectivity index (χ3n) is 1.39. The minimum Gasteiger partial charge on any atom is -0.478 e. The summed E-state index contributed by atoms with van der Waals surface area (Å²) in [5, 5.41) is 8.47. The number of carbonyl (C=O) groups is 1. The van der Waals surface area contributed by atoms with Crippen LogP contribution in [0.25, 0.3) is 0 Å². The number of rotatable bonds is 2. The fourth-order valence-electron chi connectivity index (χ4n) is 0.778. The molecule has 0 spiro atoms. The molecule has 0 atom stereocenters. The summed E-state index contributed by atoms with van der Waals surface area (Å²) in [7, 11) is -4.70. The van der Waals surface area contributed by atoms with Crippen LogP contribution < -0.4 is 5.56 Å². The standard InChI is InChI=1S/C6H5NO6S/c8-5-4(14(11,12)13)1-3(2-7-5)6(9)10/h1-2H,(H,7,8)(H,9,10)(H,11,12,13). The second kappa shape index (κ2) is 3.24. The predicted octanol–water partition coefficient (Wildman–Crippen LogP) is -0.680. The zero-order chi connectivity index (χ0) is 10.9. The lowest BCUT2D eigenvalue weighted by Gasteiger charge is -1.97. The molecule has 0 saturated heterocycles. The van der Waals surface area contributed by atoms with Crippen molar-refractivity contribution in [1.29, 1.82) is 0 Å². The number of H-pyrrole nitrogens is 1. The van der Waals surface area contributed by atoms with E-state index in [0.29, 0.717) is 6.07 Å². The quantitative estimate of drug-likeness (QED) is 0.566. The Morgan fingerprint density at radius 3 is 2.43 bits per heavy atom. The van der Waals surface area contributed by atoms with Gasteiger partial charge in [0.2, 0.25) is 0 Å². The van der Waals surface area contributed by atoms with Crippen molar-refractivity contribution in [2.75, 3.05) is 0 Å². The molecule has 0 saturated carbocycles. The van der Waals surface area contributed by atoms with Gasteiger partial charge in [0.25, 0.3) is 15.7 Å². The van der Waals surface area contributed by atoms with Gasteiger partial charge in [0, 0.05) is 6.20 Å². The molecule has 0 radical (unpaired) electrons. The van der Waals surface area contributed by atoms with Crippen LogP contribution in [-0.2, 0) is 10.1 Å². The second-order valence-corrected chi connectivity index (χ2v) is 3.75. The molecule has 0 aliphatic carbocycles. The molecule has 76 valence electrons. The third kappa shape index (κ3) is 1.98. The molecule has 0 bridgehead atoms. The summed E-state index contributed by atoms with van der Waals surface area (Å²) in [4.78, 5) is 22.1. The molecule has 0 aliphatic heterocycles. The van der Waals surface area contributed by atoms with E-state index in [0.717, 1.165) is 6.20 Å². The number of pyridine rings is 1. The van der Waals surface area contributed by atoms with Crippen LogP contribution in [0.4, 0.5) is 0 Å². The first-order valence-corrected chi connectivity index (χ1v) is 4.70. The van der Waals surface area contributed by atoms with Gasteiger partial charge in [-0.2, -0.15) is 8.42 Å². The Kier molecular flexibility index (Phi) is 2.41. The molecule has 7 nitrogen and oxygen atoms in total. The highest BCUT2D eigenvalue weighted by molar-refractivity contribution is 7.85. The lowest BCUT2D eigenvalue weighted by atomic mass is 10.3. The van der Waals surface area contributed by atoms with Gasteiger partial charge in [0.05, 0.1) is 5.56 Å². The molecule has 1 heterocycles. The van der Waals surface area contributed by atoms with Gasteiger partial charge in [-0.1, -0.05) is 0 Å². The highest BCUT2D eigenvalue weighted by Gasteiger charge is 2.17. The summed E-state index contributed by atoms with van der Waals surface area (Å²) in [6.07, 6.45) is 0.833. The number of hydrogen-bond donors (Lipinski definition) is 3. The third-order valence-corrected chi connectivity index (χ3v) is 2.25. The minimum atomic E-state index is -4.70. The molecule has 3 N–H and O–H groups in total. The van der Waals surface area contributed by atoms with Crippen molar-refractivity contribution in [2.24, 2.45) is 0 Å². The molecule has 1 aromatic heterocycles. The van der Waals surface area contributed by atoms with E-state index in [-0.39, 0.29) is 0 Å². The Bertz CT molecular complexity index is 527. The van der Waals surface area contributed by atoms with Gasteiger partial charge in [-0.25, -0.2) is 4.79 Å². The van der Waals surface area contributed by atoms with Gasteiger partial charge in [-0.05, 0) is 6.07 Å². The molecule has 0 aromatic carbocycles. The fraction of sp³-hybridized carbons (Fsp3) is 0. The molecule has 0 amide bonds. The van der Waals surface area contributed by atoms with E-state index in [1.54, 1.807) is 0 Å². The summed E-state index contributed by atoms with van der Waals surface area (Å²) in [5.41, 5.74) is -1.50. The lowest BCUT2D eigenvalue weighted by molar-refractivity contribution is 0.0696. The van der Waals surface area contributed by atoms with Gasteiger partial charge >= 0.3 is 5.97 Å². The van der Waals surface area contributed by atoms with Crippen LogP contribution in [0, 0.1) is 0 Å². The van der Waals surface area contributed by atoms with Gasteiger partial charge < -0.3 is 10.1 Å². The van der Waals surface area contributed by atoms with Crippen molar-refractivity contribution in [3.63, 3.8) is 0 Å². The van der Waals surface area contributed by atoms with Crippen LogP contribution in [0.2, 0.25) is 0 Å². The molecular weight excluding hydrogens is 214 g/mol. The number of aromatic amines is 1. The Morgan fingerprint density at radius 2 is 2.00 bits per heavy atom. The van der Waals surface area contributed by atoms with E-state index in [1.165, 1.54) is 0 Å². The van der Waals surface area contributed by atoms with E-state index in [1.807, 2.05) is 4.98 Å². The Morgan fingerprint density at radius 1 is 1.43 bits per heavy atom. The number of nitrogens with one attached hydrogen (secondary N) is 1. The largest absolute Gasteiger partial charge is 0.478 e. The summed E-state index contributed by atoms with van der Waals surface area (Å²) in [5.74, 6) is -1.41. The molecule has 14 heavy (non-hydrogen) atoms. The predicted molar refractivity (Wildman–Crippen MR) is 43.8 cm³/mol. The van der Waals surface area contributed by atoms with E-state index in [2.05, 4.69) is 0 Å². The topological polar surface area (TPSA) is 125 Å². The van der Waals surface area contributed by atoms with E-state index >= 15 is 0 Å². The van der Waals surface area contributed by atoms with Crippen LogP contribution in [0.15, 0.2) is 22.0 Å². The van der Waals surface area contributed by atoms with Crippen molar-refractivity contribution in [2.45, 2.75) is 4.90 Å². The Labute approximate surface area is 77.8 Å². The molecule has 1 aromatic rings. The molecule has 0 unspecified atom stereocenters. The number of carboxylic acid groups (broad SMARTS) is 1. The van der Waals surface area contributed by atoms with Crippen molar-refractivity contribution in [1.82, 2.24) is 4.98 Å². The molecular formula is C6H5NO6S. The monoisotopic (exact) mass is 219 g/mol. The number of hydrogen-bond acceptors (Lipinski definition) is 4. The zero-order valence-corrected chi connectivity index (χ0v) is 7.41. The minimum absolute atomic E-state index is 0.433. The van der Waals surface area contributed by atoms with Gasteiger partial charge in [-0.15, -0.1) is 0 Å². The Hall–Kier alpha value is -1.67. The average molecular weight is 219 g/mol. The highest BCUT2D eigenvalue weighted by atomic mass is 32.2. The van der Waals surface area contributed by atoms with Crippen LogP contribution in [0.3, 0.4) is 0 Å². The average Bonchev–Trinajstić information content (AvgIpc) is 2.02. The van der Waals surface area contributed by atoms with E-state index in [4.69, 9.17) is 9.66 Å². The fourth-order valence-corrected chi connectivity index (χ4v) is 1.35. The van der Waals surface area contributed by atoms with Gasteiger partial charge in [-0.3, -0.25) is 9.35 Å². The maximum absolute atomic E-state index is 10.9. The second-order valence-electron chi connectivity index (χ2n) is 2.36. The first-order chi connectivity index (χ1) is 6.32. The molecule has 0 fully saturated rings. The van der Waals surface area contributed by atoms with Crippen molar-refractivity contribution >= 4 is 16.1 Å². The number of carboxylic acids is 1. The summed E-state index contributed by atoms with van der Waals surface area (Å²) in [6, 6.07) is 0.580. The van der Waals surface area contributed by atoms with Crippen LogP contribution in [-0.4, -0.2) is 29.0 Å². The Balaban J connectivity index is 3.53. The first kappa shape index (κ1) is 10.4. The first-order valence-electron chi connectivity index (χ1n) is 3.26. The molecule has 8 heteroatoms. The lowest BCUT2D eigenvalue weighted by Crippen LogP contribution is -2.18. The number of aromatic carboxylic acids is 1. The molecule has 0 aliphatic rings. The summed E-state index contributed by atoms with van der Waals surface area (Å²) >= 11 is 0. The van der Waals surface area contributed by atoms with E-state index < -0.39 is 32.1 Å². The SMILES string of the molecule is O=C(O)c1c[nH]c(=O)c(S(=O)(=O)O)c1. The maximum atomic E-state index is 10.9. The van der Waals surface area contributed by atoms with Crippen molar-refractivity contribution < 1.29 is 22.9 Å². The van der Waals surface area contributed by atoms with Gasteiger partial charge in [0.15, 0.2) is 4.90 Å². The summed E-state index contributed by atoms with van der Waals surface area (Å²) < 4.78 is 29.7. The zero-order valence-electron chi connectivity index (χ0n) is 6.59. The summed E-state index contributed by atoms with van der Waals surface area (Å²) in [6.45, 7) is 0. The highest BCUT2D eigenvalue weighted by Crippen LogP contribution is 2.04. The van der Waals surface area contributed by atoms with Crippen LogP contribution in [0.5, 0.6) is 0 Å². The van der Waals surface area contributed by atoms with Crippen molar-refractivity contribution in [3.05, 3.63) is 28.2 Å².